The van der Waals surface area contributed by atoms with Gasteiger partial charge in [-0.1, -0.05) is 31.4 Å². The van der Waals surface area contributed by atoms with Crippen molar-refractivity contribution in [2.75, 3.05) is 6.54 Å². The predicted molar refractivity (Wildman–Crippen MR) is 66.9 cm³/mol. The first-order valence-electron chi connectivity index (χ1n) is 5.88. The maximum atomic E-state index is 11.4. The molecule has 0 aliphatic heterocycles. The van der Waals surface area contributed by atoms with E-state index in [-0.39, 0.29) is 0 Å². The summed E-state index contributed by atoms with van der Waals surface area (Å²) in [7, 11) is 0. The smallest absolute Gasteiger partial charge is 0.326 e. The van der Waals surface area contributed by atoms with Gasteiger partial charge in [0.1, 0.15) is 6.04 Å². The Morgan fingerprint density at radius 2 is 2.00 bits per heavy atom. The van der Waals surface area contributed by atoms with Gasteiger partial charge in [0, 0.05) is 6.54 Å². The average molecular weight is 242 g/mol. The number of unbranched alkanes of at least 4 members (excludes halogenated alkanes) is 1. The lowest BCUT2D eigenvalue weighted by Gasteiger charge is -2.14. The molecule has 0 saturated carbocycles. The summed E-state index contributed by atoms with van der Waals surface area (Å²) in [5.41, 5.74) is 1.10. The van der Waals surface area contributed by atoms with E-state index in [1.54, 1.807) is 0 Å². The van der Waals surface area contributed by atoms with E-state index < -0.39 is 18.0 Å². The van der Waals surface area contributed by atoms with Crippen LogP contribution in [-0.4, -0.2) is 29.7 Å². The van der Waals surface area contributed by atoms with E-state index in [9.17, 15) is 9.59 Å². The van der Waals surface area contributed by atoms with Gasteiger partial charge in [0.25, 0.3) is 0 Å². The van der Waals surface area contributed by atoms with Crippen LogP contribution in [0, 0.1) is 0 Å². The summed E-state index contributed by atoms with van der Waals surface area (Å²) in [5.74, 6) is -0.990. The van der Waals surface area contributed by atoms with Crippen LogP contribution in [-0.2, 0) is 4.79 Å². The Balaban J connectivity index is 4.03. The third-order valence-corrected chi connectivity index (χ3v) is 2.22. The average Bonchev–Trinajstić information content (AvgIpc) is 2.23. The molecule has 0 aromatic carbocycles. The molecule has 0 bridgehead atoms. The second-order valence-electron chi connectivity index (χ2n) is 4.17. The Morgan fingerprint density at radius 1 is 1.35 bits per heavy atom. The van der Waals surface area contributed by atoms with Gasteiger partial charge in [0.2, 0.25) is 0 Å². The molecule has 0 aromatic heterocycles. The van der Waals surface area contributed by atoms with E-state index in [2.05, 4.69) is 10.6 Å². The van der Waals surface area contributed by atoms with Crippen molar-refractivity contribution in [3.63, 3.8) is 0 Å². The minimum atomic E-state index is -0.990. The van der Waals surface area contributed by atoms with Gasteiger partial charge < -0.3 is 15.7 Å². The number of hydrogen-bond acceptors (Lipinski definition) is 2. The van der Waals surface area contributed by atoms with Gasteiger partial charge in [-0.15, -0.1) is 0 Å². The van der Waals surface area contributed by atoms with Gasteiger partial charge in [-0.25, -0.2) is 9.59 Å². The minimum Gasteiger partial charge on any atom is -0.480 e. The standard InChI is InChI=1S/C12H22N2O3/c1-4-5-6-10(11(15)16)14-12(17)13-8-7-9(2)3/h7,10H,4-6,8H2,1-3H3,(H,15,16)(H2,13,14,17)/t10-/m0/s1. The molecule has 17 heavy (non-hydrogen) atoms. The molecule has 0 aliphatic rings. The number of nitrogens with one attached hydrogen (secondary N) is 2. The summed E-state index contributed by atoms with van der Waals surface area (Å²) in [5, 5.41) is 13.9. The van der Waals surface area contributed by atoms with Gasteiger partial charge in [0.05, 0.1) is 0 Å². The molecule has 0 aromatic rings. The number of carbonyl (C=O) groups is 2. The molecule has 0 heterocycles. The second kappa shape index (κ2) is 8.61. The van der Waals surface area contributed by atoms with Crippen molar-refractivity contribution in [1.29, 1.82) is 0 Å². The van der Waals surface area contributed by atoms with Crippen LogP contribution in [0.1, 0.15) is 40.0 Å². The fraction of sp³-hybridized carbons (Fsp3) is 0.667. The first-order valence-corrected chi connectivity index (χ1v) is 5.88. The summed E-state index contributed by atoms with van der Waals surface area (Å²) in [6, 6.07) is -1.24. The zero-order valence-electron chi connectivity index (χ0n) is 10.7. The number of amides is 2. The highest BCUT2D eigenvalue weighted by molar-refractivity contribution is 5.82. The molecule has 0 rings (SSSR count). The van der Waals surface area contributed by atoms with E-state index in [0.29, 0.717) is 13.0 Å². The number of hydrogen-bond donors (Lipinski definition) is 3. The van der Waals surface area contributed by atoms with Crippen LogP contribution in [0.2, 0.25) is 0 Å². The molecule has 0 unspecified atom stereocenters. The normalized spacial score (nSPS) is 11.5. The van der Waals surface area contributed by atoms with Crippen molar-refractivity contribution in [3.05, 3.63) is 11.6 Å². The third-order valence-electron chi connectivity index (χ3n) is 2.22. The van der Waals surface area contributed by atoms with Crippen molar-refractivity contribution >= 4 is 12.0 Å². The van der Waals surface area contributed by atoms with Gasteiger partial charge >= 0.3 is 12.0 Å². The summed E-state index contributed by atoms with van der Waals surface area (Å²) in [6.45, 7) is 6.25. The molecular weight excluding hydrogens is 220 g/mol. The lowest BCUT2D eigenvalue weighted by atomic mass is 10.1. The lowest BCUT2D eigenvalue weighted by molar-refractivity contribution is -0.139. The zero-order chi connectivity index (χ0) is 13.3. The Bertz CT molecular complexity index is 283. The topological polar surface area (TPSA) is 78.4 Å². The predicted octanol–water partition coefficient (Wildman–Crippen LogP) is 1.90. The van der Waals surface area contributed by atoms with E-state index in [1.165, 1.54) is 0 Å². The molecule has 5 nitrogen and oxygen atoms in total. The number of carbonyl (C=O) groups excluding carboxylic acids is 1. The number of carboxylic acids is 1. The summed E-state index contributed by atoms with van der Waals surface area (Å²) < 4.78 is 0. The Morgan fingerprint density at radius 3 is 2.47 bits per heavy atom. The second-order valence-corrected chi connectivity index (χ2v) is 4.17. The fourth-order valence-corrected chi connectivity index (χ4v) is 1.22. The van der Waals surface area contributed by atoms with Crippen molar-refractivity contribution < 1.29 is 14.7 Å². The highest BCUT2D eigenvalue weighted by Gasteiger charge is 2.18. The molecular formula is C12H22N2O3. The molecule has 1 atom stereocenters. The molecule has 0 spiro atoms. The maximum Gasteiger partial charge on any atom is 0.326 e. The molecule has 0 saturated heterocycles. The molecule has 2 amide bonds. The van der Waals surface area contributed by atoms with Gasteiger partial charge in [-0.3, -0.25) is 0 Å². The van der Waals surface area contributed by atoms with Gasteiger partial charge in [-0.2, -0.15) is 0 Å². The quantitative estimate of drug-likeness (QED) is 0.596. The fourth-order valence-electron chi connectivity index (χ4n) is 1.22. The Labute approximate surface area is 102 Å². The van der Waals surface area contributed by atoms with Crippen LogP contribution in [0.5, 0.6) is 0 Å². The van der Waals surface area contributed by atoms with Crippen LogP contribution in [0.3, 0.4) is 0 Å². The summed E-state index contributed by atoms with van der Waals surface area (Å²) in [4.78, 5) is 22.3. The first kappa shape index (κ1) is 15.5. The largest absolute Gasteiger partial charge is 0.480 e. The van der Waals surface area contributed by atoms with Crippen LogP contribution in [0.25, 0.3) is 0 Å². The highest BCUT2D eigenvalue weighted by atomic mass is 16.4. The monoisotopic (exact) mass is 242 g/mol. The van der Waals surface area contributed by atoms with Crippen LogP contribution in [0.4, 0.5) is 4.79 Å². The van der Waals surface area contributed by atoms with E-state index in [0.717, 1.165) is 18.4 Å². The molecule has 5 heteroatoms. The van der Waals surface area contributed by atoms with Crippen molar-refractivity contribution in [2.45, 2.75) is 46.1 Å². The number of carboxylic acid groups (broad SMARTS) is 1. The van der Waals surface area contributed by atoms with Crippen molar-refractivity contribution in [3.8, 4) is 0 Å². The van der Waals surface area contributed by atoms with Crippen LogP contribution in [0.15, 0.2) is 11.6 Å². The van der Waals surface area contributed by atoms with E-state index in [1.807, 2.05) is 26.8 Å². The summed E-state index contributed by atoms with van der Waals surface area (Å²) in [6.07, 6.45) is 4.01. The number of aliphatic carboxylic acids is 1. The number of urea groups is 1. The summed E-state index contributed by atoms with van der Waals surface area (Å²) >= 11 is 0. The van der Waals surface area contributed by atoms with E-state index in [4.69, 9.17) is 5.11 Å². The van der Waals surface area contributed by atoms with E-state index >= 15 is 0 Å². The molecule has 0 aliphatic carbocycles. The lowest BCUT2D eigenvalue weighted by Crippen LogP contribution is -2.46. The van der Waals surface area contributed by atoms with Gasteiger partial charge in [-0.05, 0) is 20.3 Å². The zero-order valence-corrected chi connectivity index (χ0v) is 10.7. The maximum absolute atomic E-state index is 11.4. The Hall–Kier alpha value is -1.52. The molecule has 98 valence electrons. The van der Waals surface area contributed by atoms with Crippen LogP contribution < -0.4 is 10.6 Å². The first-order chi connectivity index (χ1) is 7.97. The number of rotatable bonds is 7. The molecule has 0 radical (unpaired) electrons. The molecule has 3 N–H and O–H groups in total. The molecule has 0 fully saturated rings. The van der Waals surface area contributed by atoms with Crippen molar-refractivity contribution in [1.82, 2.24) is 10.6 Å². The third kappa shape index (κ3) is 8.30. The minimum absolute atomic E-state index is 0.411. The Kier molecular flexibility index (Phi) is 7.84. The van der Waals surface area contributed by atoms with Crippen molar-refractivity contribution in [2.24, 2.45) is 0 Å². The number of allylic oxidation sites excluding steroid dienone is 1. The highest BCUT2D eigenvalue weighted by Crippen LogP contribution is 2.00. The van der Waals surface area contributed by atoms with Gasteiger partial charge in [0.15, 0.2) is 0 Å². The van der Waals surface area contributed by atoms with Crippen LogP contribution >= 0.6 is 0 Å². The SMILES string of the molecule is CCCC[C@H](NC(=O)NCC=C(C)C)C(=O)O.